The highest BCUT2D eigenvalue weighted by Crippen LogP contribution is 2.28. The van der Waals surface area contributed by atoms with Crippen molar-refractivity contribution in [3.8, 4) is 0 Å². The summed E-state index contributed by atoms with van der Waals surface area (Å²) < 4.78 is 0. The van der Waals surface area contributed by atoms with E-state index in [9.17, 15) is 14.9 Å². The van der Waals surface area contributed by atoms with Crippen molar-refractivity contribution in [2.75, 3.05) is 18.0 Å². The van der Waals surface area contributed by atoms with E-state index >= 15 is 0 Å². The summed E-state index contributed by atoms with van der Waals surface area (Å²) in [6.07, 6.45) is 5.34. The van der Waals surface area contributed by atoms with Crippen LogP contribution in [0.15, 0.2) is 18.2 Å². The number of rotatable bonds is 4. The van der Waals surface area contributed by atoms with Gasteiger partial charge in [0.15, 0.2) is 6.29 Å². The molecule has 0 spiro atoms. The van der Waals surface area contributed by atoms with Crippen molar-refractivity contribution in [1.29, 1.82) is 0 Å². The molecule has 1 heterocycles. The second kappa shape index (κ2) is 6.50. The molecule has 1 aromatic carbocycles. The zero-order valence-corrected chi connectivity index (χ0v) is 11.7. The molecule has 5 heteroatoms. The van der Waals surface area contributed by atoms with Crippen LogP contribution in [0.1, 0.15) is 43.0 Å². The second-order valence-corrected chi connectivity index (χ2v) is 5.31. The number of hydrogen-bond acceptors (Lipinski definition) is 4. The van der Waals surface area contributed by atoms with Gasteiger partial charge >= 0.3 is 0 Å². The van der Waals surface area contributed by atoms with Gasteiger partial charge in [0.25, 0.3) is 5.69 Å². The Morgan fingerprint density at radius 1 is 1.40 bits per heavy atom. The quantitative estimate of drug-likeness (QED) is 0.480. The third-order valence-electron chi connectivity index (χ3n) is 4.11. The number of non-ortho nitro benzene ring substituents is 1. The van der Waals surface area contributed by atoms with Gasteiger partial charge in [0, 0.05) is 36.5 Å². The molecule has 0 N–H and O–H groups in total. The predicted molar refractivity (Wildman–Crippen MR) is 78.3 cm³/mol. The smallest absolute Gasteiger partial charge is 0.270 e. The van der Waals surface area contributed by atoms with Crippen molar-refractivity contribution in [3.05, 3.63) is 33.9 Å². The van der Waals surface area contributed by atoms with Gasteiger partial charge in [0.2, 0.25) is 0 Å². The van der Waals surface area contributed by atoms with Crippen LogP contribution in [-0.2, 0) is 0 Å². The highest BCUT2D eigenvalue weighted by molar-refractivity contribution is 5.86. The molecule has 5 nitrogen and oxygen atoms in total. The Kier molecular flexibility index (Phi) is 4.71. The number of nitro benzene ring substituents is 1. The van der Waals surface area contributed by atoms with Crippen LogP contribution in [0.5, 0.6) is 0 Å². The van der Waals surface area contributed by atoms with E-state index in [1.165, 1.54) is 25.0 Å². The molecule has 0 amide bonds. The first-order valence-corrected chi connectivity index (χ1v) is 7.14. The molecule has 1 fully saturated rings. The van der Waals surface area contributed by atoms with Gasteiger partial charge < -0.3 is 4.90 Å². The van der Waals surface area contributed by atoms with Crippen LogP contribution in [0, 0.1) is 16.0 Å². The summed E-state index contributed by atoms with van der Waals surface area (Å²) in [5, 5.41) is 10.8. The van der Waals surface area contributed by atoms with E-state index < -0.39 is 4.92 Å². The van der Waals surface area contributed by atoms with Crippen LogP contribution in [0.25, 0.3) is 0 Å². The van der Waals surface area contributed by atoms with E-state index in [0.717, 1.165) is 37.5 Å². The Bertz CT molecular complexity index is 502. The summed E-state index contributed by atoms with van der Waals surface area (Å²) in [4.78, 5) is 23.7. The SMILES string of the molecule is CCC1CCCN(c2ccc([N+](=O)[O-])cc2C=O)CC1. The summed E-state index contributed by atoms with van der Waals surface area (Å²) in [6.45, 7) is 4.04. The van der Waals surface area contributed by atoms with Crippen molar-refractivity contribution in [3.63, 3.8) is 0 Å². The fraction of sp³-hybridized carbons (Fsp3) is 0.533. The Morgan fingerprint density at radius 2 is 2.20 bits per heavy atom. The highest BCUT2D eigenvalue weighted by atomic mass is 16.6. The number of anilines is 1. The van der Waals surface area contributed by atoms with Gasteiger partial charge in [-0.05, 0) is 31.2 Å². The van der Waals surface area contributed by atoms with Gasteiger partial charge in [-0.15, -0.1) is 0 Å². The molecule has 20 heavy (non-hydrogen) atoms. The number of benzene rings is 1. The molecule has 1 unspecified atom stereocenters. The van der Waals surface area contributed by atoms with Gasteiger partial charge in [-0.2, -0.15) is 0 Å². The molecule has 1 aliphatic heterocycles. The zero-order chi connectivity index (χ0) is 14.5. The minimum absolute atomic E-state index is 0.0305. The number of hydrogen-bond donors (Lipinski definition) is 0. The Balaban J connectivity index is 2.23. The molecule has 0 aliphatic carbocycles. The average Bonchev–Trinajstić information content (AvgIpc) is 2.71. The first-order chi connectivity index (χ1) is 9.65. The number of nitro groups is 1. The normalized spacial score (nSPS) is 19.4. The van der Waals surface area contributed by atoms with Crippen molar-refractivity contribution in [2.24, 2.45) is 5.92 Å². The topological polar surface area (TPSA) is 63.4 Å². The summed E-state index contributed by atoms with van der Waals surface area (Å²) in [6, 6.07) is 4.54. The zero-order valence-electron chi connectivity index (χ0n) is 11.7. The Morgan fingerprint density at radius 3 is 2.85 bits per heavy atom. The fourth-order valence-corrected chi connectivity index (χ4v) is 2.85. The van der Waals surface area contributed by atoms with Crippen LogP contribution >= 0.6 is 0 Å². The van der Waals surface area contributed by atoms with E-state index in [4.69, 9.17) is 0 Å². The first-order valence-electron chi connectivity index (χ1n) is 7.14. The fourth-order valence-electron chi connectivity index (χ4n) is 2.85. The molecule has 0 radical (unpaired) electrons. The lowest BCUT2D eigenvalue weighted by molar-refractivity contribution is -0.384. The molecule has 0 saturated carbocycles. The average molecular weight is 276 g/mol. The lowest BCUT2D eigenvalue weighted by atomic mass is 9.98. The van der Waals surface area contributed by atoms with E-state index in [-0.39, 0.29) is 5.69 Å². The Hall–Kier alpha value is -1.91. The summed E-state index contributed by atoms with van der Waals surface area (Å²) in [5.74, 6) is 0.748. The molecular weight excluding hydrogens is 256 g/mol. The van der Waals surface area contributed by atoms with Gasteiger partial charge in [-0.3, -0.25) is 14.9 Å². The lowest BCUT2D eigenvalue weighted by Crippen LogP contribution is -2.25. The van der Waals surface area contributed by atoms with Crippen molar-refractivity contribution >= 4 is 17.7 Å². The predicted octanol–water partition coefficient (Wildman–Crippen LogP) is 3.42. The molecule has 108 valence electrons. The third kappa shape index (κ3) is 3.15. The maximum absolute atomic E-state index is 11.2. The molecule has 1 aliphatic rings. The number of carbonyl (C=O) groups excluding carboxylic acids is 1. The molecule has 0 bridgehead atoms. The van der Waals surface area contributed by atoms with Gasteiger partial charge in [0.05, 0.1) is 4.92 Å². The van der Waals surface area contributed by atoms with Crippen molar-refractivity contribution < 1.29 is 9.72 Å². The number of carbonyl (C=O) groups is 1. The second-order valence-electron chi connectivity index (χ2n) is 5.31. The summed E-state index contributed by atoms with van der Waals surface area (Å²) in [5.41, 5.74) is 1.20. The van der Waals surface area contributed by atoms with Gasteiger partial charge in [0.1, 0.15) is 0 Å². The maximum Gasteiger partial charge on any atom is 0.270 e. The molecule has 2 rings (SSSR count). The number of aldehydes is 1. The third-order valence-corrected chi connectivity index (χ3v) is 4.11. The summed E-state index contributed by atoms with van der Waals surface area (Å²) >= 11 is 0. The van der Waals surface area contributed by atoms with Gasteiger partial charge in [-0.25, -0.2) is 0 Å². The standard InChI is InChI=1S/C15H20N2O3/c1-2-12-4-3-8-16(9-7-12)15-6-5-14(17(19)20)10-13(15)11-18/h5-6,10-12H,2-4,7-9H2,1H3. The molecule has 1 saturated heterocycles. The van der Waals surface area contributed by atoms with Gasteiger partial charge in [-0.1, -0.05) is 13.3 Å². The minimum atomic E-state index is -0.466. The van der Waals surface area contributed by atoms with Crippen LogP contribution in [-0.4, -0.2) is 24.3 Å². The minimum Gasteiger partial charge on any atom is -0.371 e. The van der Waals surface area contributed by atoms with Crippen LogP contribution in [0.2, 0.25) is 0 Å². The van der Waals surface area contributed by atoms with Crippen LogP contribution in [0.4, 0.5) is 11.4 Å². The molecule has 0 aromatic heterocycles. The lowest BCUT2D eigenvalue weighted by Gasteiger charge is -2.24. The van der Waals surface area contributed by atoms with E-state index in [0.29, 0.717) is 11.8 Å². The van der Waals surface area contributed by atoms with Crippen LogP contribution < -0.4 is 4.90 Å². The van der Waals surface area contributed by atoms with Crippen molar-refractivity contribution in [2.45, 2.75) is 32.6 Å². The number of nitrogens with zero attached hydrogens (tertiary/aromatic N) is 2. The largest absolute Gasteiger partial charge is 0.371 e. The molecule has 1 aromatic rings. The highest BCUT2D eigenvalue weighted by Gasteiger charge is 2.19. The molecule has 1 atom stereocenters. The molecular formula is C15H20N2O3. The summed E-state index contributed by atoms with van der Waals surface area (Å²) in [7, 11) is 0. The van der Waals surface area contributed by atoms with E-state index in [1.807, 2.05) is 0 Å². The maximum atomic E-state index is 11.2. The monoisotopic (exact) mass is 276 g/mol. The van der Waals surface area contributed by atoms with Crippen LogP contribution in [0.3, 0.4) is 0 Å². The van der Waals surface area contributed by atoms with E-state index in [1.54, 1.807) is 6.07 Å². The van der Waals surface area contributed by atoms with E-state index in [2.05, 4.69) is 11.8 Å². The first kappa shape index (κ1) is 14.5. The van der Waals surface area contributed by atoms with Crippen molar-refractivity contribution in [1.82, 2.24) is 0 Å². The Labute approximate surface area is 118 Å².